The van der Waals surface area contributed by atoms with Crippen molar-refractivity contribution in [2.75, 3.05) is 0 Å². The minimum absolute atomic E-state index is 0. The van der Waals surface area contributed by atoms with Gasteiger partial charge in [0, 0.05) is 47.9 Å². The number of ketones is 1. The minimum atomic E-state index is 0. The van der Waals surface area contributed by atoms with E-state index in [-0.39, 0.29) is 18.3 Å². The molecule has 1 aromatic heterocycles. The highest BCUT2D eigenvalue weighted by Crippen LogP contribution is 2.37. The third-order valence-electron chi connectivity index (χ3n) is 6.99. The molecule has 172 valence electrons. The Labute approximate surface area is 198 Å². The van der Waals surface area contributed by atoms with E-state index in [0.717, 1.165) is 25.7 Å². The second-order valence-electron chi connectivity index (χ2n) is 9.80. The zero-order valence-electron chi connectivity index (χ0n) is 19.6. The van der Waals surface area contributed by atoms with Crippen molar-refractivity contribution >= 4 is 29.1 Å². The molecule has 0 aliphatic heterocycles. The Morgan fingerprint density at radius 2 is 1.78 bits per heavy atom. The van der Waals surface area contributed by atoms with Crippen LogP contribution in [0.5, 0.6) is 0 Å². The van der Waals surface area contributed by atoms with Crippen LogP contribution >= 0.6 is 12.4 Å². The first-order valence-electron chi connectivity index (χ1n) is 11.9. The summed E-state index contributed by atoms with van der Waals surface area (Å²) in [6, 6.07) is 18.0. The van der Waals surface area contributed by atoms with Gasteiger partial charge in [-0.25, -0.2) is 0 Å². The molecule has 1 aliphatic rings. The van der Waals surface area contributed by atoms with E-state index in [1.807, 2.05) is 0 Å². The number of hydrogen-bond acceptors (Lipinski definition) is 2. The number of hydrogen-bond donors (Lipinski definition) is 1. The average Bonchev–Trinajstić information content (AvgIpc) is 3.13. The summed E-state index contributed by atoms with van der Waals surface area (Å²) >= 11 is 0. The predicted molar refractivity (Wildman–Crippen MR) is 137 cm³/mol. The Balaban J connectivity index is 0.00000289. The molecule has 0 radical (unpaired) electrons. The summed E-state index contributed by atoms with van der Waals surface area (Å²) in [5.41, 5.74) is 11.1. The van der Waals surface area contributed by atoms with Crippen molar-refractivity contribution in [1.29, 1.82) is 0 Å². The molecule has 4 rings (SSSR count). The van der Waals surface area contributed by atoms with Crippen molar-refractivity contribution in [1.82, 2.24) is 4.57 Å². The fraction of sp³-hybridized carbons (Fsp3) is 0.464. The van der Waals surface area contributed by atoms with Gasteiger partial charge >= 0.3 is 0 Å². The van der Waals surface area contributed by atoms with Gasteiger partial charge in [0.2, 0.25) is 0 Å². The summed E-state index contributed by atoms with van der Waals surface area (Å²) in [6.45, 7) is 6.57. The third-order valence-corrected chi connectivity index (χ3v) is 6.99. The second-order valence-corrected chi connectivity index (χ2v) is 9.80. The number of aromatic nitrogens is 1. The molecule has 1 aliphatic carbocycles. The average molecular weight is 453 g/mol. The molecule has 2 N–H and O–H groups in total. The number of nitrogens with two attached hydrogens (primary N) is 1. The number of para-hydroxylation sites is 1. The molecule has 1 atom stereocenters. The van der Waals surface area contributed by atoms with Gasteiger partial charge < -0.3 is 10.3 Å². The molecule has 4 heteroatoms. The van der Waals surface area contributed by atoms with Gasteiger partial charge in [-0.1, -0.05) is 48.0 Å². The van der Waals surface area contributed by atoms with Crippen molar-refractivity contribution in [3.8, 4) is 0 Å². The zero-order chi connectivity index (χ0) is 22.0. The van der Waals surface area contributed by atoms with Crippen molar-refractivity contribution < 1.29 is 4.79 Å². The normalized spacial score (nSPS) is 19.7. The number of halogens is 1. The van der Waals surface area contributed by atoms with Crippen LogP contribution in [0.15, 0.2) is 54.7 Å². The molecule has 1 heterocycles. The Bertz CT molecular complexity index is 1050. The van der Waals surface area contributed by atoms with E-state index in [4.69, 9.17) is 5.73 Å². The highest BCUT2D eigenvalue weighted by molar-refractivity contribution is 5.87. The summed E-state index contributed by atoms with van der Waals surface area (Å²) in [5.74, 6) is 0.971. The summed E-state index contributed by atoms with van der Waals surface area (Å²) in [5, 5.41) is 1.26. The van der Waals surface area contributed by atoms with Gasteiger partial charge in [0.25, 0.3) is 0 Å². The van der Waals surface area contributed by atoms with Gasteiger partial charge in [-0.3, -0.25) is 4.79 Å². The van der Waals surface area contributed by atoms with E-state index < -0.39 is 0 Å². The number of rotatable bonds is 7. The Hall–Kier alpha value is -2.10. The maximum Gasteiger partial charge on any atom is 0.134 e. The van der Waals surface area contributed by atoms with Gasteiger partial charge in [-0.05, 0) is 69.6 Å². The summed E-state index contributed by atoms with van der Waals surface area (Å²) in [7, 11) is 0. The van der Waals surface area contributed by atoms with E-state index in [0.29, 0.717) is 36.6 Å². The van der Waals surface area contributed by atoms with Crippen molar-refractivity contribution in [2.24, 2.45) is 11.7 Å². The molecule has 3 nitrogen and oxygen atoms in total. The lowest BCUT2D eigenvalue weighted by Crippen LogP contribution is -2.27. The van der Waals surface area contributed by atoms with Gasteiger partial charge in [0.1, 0.15) is 5.78 Å². The molecule has 0 bridgehead atoms. The SMILES string of the molecule is Cc1cccc(C(CC(=O)CC2CCC(N)CC2)c2cn(C(C)C)c3ccccc23)c1.Cl. The summed E-state index contributed by atoms with van der Waals surface area (Å²) in [6.07, 6.45) is 7.84. The molecule has 0 saturated heterocycles. The Kier molecular flexibility index (Phi) is 8.19. The van der Waals surface area contributed by atoms with Crippen molar-refractivity contribution in [2.45, 2.75) is 77.3 Å². The molecule has 0 spiro atoms. The van der Waals surface area contributed by atoms with E-state index in [1.165, 1.54) is 27.6 Å². The third kappa shape index (κ3) is 5.44. The Morgan fingerprint density at radius 1 is 1.06 bits per heavy atom. The number of carbonyl (C=O) groups is 1. The van der Waals surface area contributed by atoms with E-state index in [9.17, 15) is 4.79 Å². The lowest BCUT2D eigenvalue weighted by Gasteiger charge is -2.26. The van der Waals surface area contributed by atoms with Crippen LogP contribution < -0.4 is 5.73 Å². The monoisotopic (exact) mass is 452 g/mol. The van der Waals surface area contributed by atoms with Crippen LogP contribution in [-0.4, -0.2) is 16.4 Å². The highest BCUT2D eigenvalue weighted by Gasteiger charge is 2.26. The Morgan fingerprint density at radius 3 is 2.47 bits per heavy atom. The maximum atomic E-state index is 13.3. The largest absolute Gasteiger partial charge is 0.345 e. The van der Waals surface area contributed by atoms with Crippen LogP contribution in [0.4, 0.5) is 0 Å². The molecule has 2 aromatic carbocycles. The molecule has 1 saturated carbocycles. The van der Waals surface area contributed by atoms with Crippen LogP contribution in [0.3, 0.4) is 0 Å². The molecular weight excluding hydrogens is 416 g/mol. The van der Waals surface area contributed by atoms with Crippen LogP contribution in [0.25, 0.3) is 10.9 Å². The smallest absolute Gasteiger partial charge is 0.134 e. The standard InChI is InChI=1S/C28H36N2O.ClH/c1-19(2)30-18-27(25-9-4-5-10-28(25)30)26(22-8-6-7-20(3)15-22)17-24(31)16-21-11-13-23(29)14-12-21;/h4-10,15,18-19,21,23,26H,11-14,16-17,29H2,1-3H3;1H. The zero-order valence-corrected chi connectivity index (χ0v) is 20.4. The van der Waals surface area contributed by atoms with E-state index in [1.54, 1.807) is 0 Å². The van der Waals surface area contributed by atoms with E-state index in [2.05, 4.69) is 80.1 Å². The van der Waals surface area contributed by atoms with Gasteiger partial charge in [-0.15, -0.1) is 12.4 Å². The highest BCUT2D eigenvalue weighted by atomic mass is 35.5. The number of nitrogens with zero attached hydrogens (tertiary/aromatic N) is 1. The lowest BCUT2D eigenvalue weighted by atomic mass is 9.80. The van der Waals surface area contributed by atoms with Gasteiger partial charge in [0.05, 0.1) is 0 Å². The molecular formula is C28H37ClN2O. The number of aryl methyl sites for hydroxylation is 1. The van der Waals surface area contributed by atoms with Gasteiger partial charge in [0.15, 0.2) is 0 Å². The first-order valence-corrected chi connectivity index (χ1v) is 11.9. The molecule has 1 unspecified atom stereocenters. The number of benzene rings is 2. The molecule has 3 aromatic rings. The van der Waals surface area contributed by atoms with Crippen LogP contribution in [-0.2, 0) is 4.79 Å². The number of carbonyl (C=O) groups excluding carboxylic acids is 1. The van der Waals surface area contributed by atoms with Crippen LogP contribution in [0.1, 0.15) is 81.0 Å². The number of Topliss-reactive ketones (excluding diaryl/α,β-unsaturated/α-hetero) is 1. The van der Waals surface area contributed by atoms with Crippen LogP contribution in [0, 0.1) is 12.8 Å². The molecule has 1 fully saturated rings. The molecule has 0 amide bonds. The fourth-order valence-corrected chi connectivity index (χ4v) is 5.26. The first kappa shape index (κ1) is 24.5. The second kappa shape index (κ2) is 10.7. The predicted octanol–water partition coefficient (Wildman–Crippen LogP) is 6.95. The number of fused-ring (bicyclic) bond motifs is 1. The first-order chi connectivity index (χ1) is 14.9. The van der Waals surface area contributed by atoms with E-state index >= 15 is 0 Å². The minimum Gasteiger partial charge on any atom is -0.345 e. The van der Waals surface area contributed by atoms with Crippen molar-refractivity contribution in [3.63, 3.8) is 0 Å². The van der Waals surface area contributed by atoms with Gasteiger partial charge in [-0.2, -0.15) is 0 Å². The fourth-order valence-electron chi connectivity index (χ4n) is 5.26. The van der Waals surface area contributed by atoms with Crippen molar-refractivity contribution in [3.05, 3.63) is 71.4 Å². The lowest BCUT2D eigenvalue weighted by molar-refractivity contribution is -0.120. The summed E-state index contributed by atoms with van der Waals surface area (Å²) < 4.78 is 2.35. The van der Waals surface area contributed by atoms with Crippen LogP contribution in [0.2, 0.25) is 0 Å². The molecule has 32 heavy (non-hydrogen) atoms. The topological polar surface area (TPSA) is 48.0 Å². The quantitative estimate of drug-likeness (QED) is 0.421. The maximum absolute atomic E-state index is 13.3. The summed E-state index contributed by atoms with van der Waals surface area (Å²) in [4.78, 5) is 13.3.